The van der Waals surface area contributed by atoms with Gasteiger partial charge in [0, 0.05) is 0 Å². The fourth-order valence-corrected chi connectivity index (χ4v) is 1.04. The number of halogens is 1. The van der Waals surface area contributed by atoms with E-state index in [-0.39, 0.29) is 12.2 Å². The molecule has 1 aromatic rings. The molecule has 0 aromatic heterocycles. The first-order chi connectivity index (χ1) is 6.26. The van der Waals surface area contributed by atoms with Crippen LogP contribution in [-0.4, -0.2) is 6.29 Å². The molecule has 0 aliphatic carbocycles. The van der Waals surface area contributed by atoms with Gasteiger partial charge in [-0.25, -0.2) is 4.39 Å². The molecule has 0 saturated heterocycles. The van der Waals surface area contributed by atoms with Crippen LogP contribution in [0.25, 0.3) is 0 Å². The van der Waals surface area contributed by atoms with Gasteiger partial charge in [-0.1, -0.05) is 12.1 Å². The van der Waals surface area contributed by atoms with Crippen molar-refractivity contribution < 1.29 is 9.18 Å². The predicted molar refractivity (Wildman–Crippen MR) is 45.3 cm³/mol. The van der Waals surface area contributed by atoms with Gasteiger partial charge in [0.05, 0.1) is 6.07 Å². The lowest BCUT2D eigenvalue weighted by Crippen LogP contribution is -2.02. The zero-order valence-corrected chi connectivity index (χ0v) is 6.90. The highest BCUT2D eigenvalue weighted by Gasteiger charge is 2.06. The Morgan fingerprint density at radius 3 is 2.92 bits per heavy atom. The fourth-order valence-electron chi connectivity index (χ4n) is 1.04. The second-order valence-corrected chi connectivity index (χ2v) is 2.71. The highest BCUT2D eigenvalue weighted by atomic mass is 19.1. The van der Waals surface area contributed by atoms with Crippen LogP contribution in [0, 0.1) is 23.1 Å². The highest BCUT2D eigenvalue weighted by Crippen LogP contribution is 2.08. The number of carbonyl (C=O) groups excluding carboxylic acids is 1. The molecule has 1 aromatic carbocycles. The number of nitrogens with zero attached hydrogens (tertiary/aromatic N) is 1. The molecule has 0 heterocycles. The van der Waals surface area contributed by atoms with Crippen molar-refractivity contribution in [2.24, 2.45) is 5.92 Å². The van der Waals surface area contributed by atoms with E-state index in [0.717, 1.165) is 0 Å². The summed E-state index contributed by atoms with van der Waals surface area (Å²) in [5.41, 5.74) is 0.665. The molecular weight excluding hydrogens is 169 g/mol. The molecule has 0 aliphatic rings. The van der Waals surface area contributed by atoms with Crippen molar-refractivity contribution >= 4 is 6.29 Å². The number of aldehydes is 1. The van der Waals surface area contributed by atoms with Gasteiger partial charge in [-0.2, -0.15) is 5.26 Å². The molecule has 3 heteroatoms. The molecule has 0 N–H and O–H groups in total. The maximum atomic E-state index is 12.7. The SMILES string of the molecule is N#CC(C=O)Cc1cccc(F)c1. The van der Waals surface area contributed by atoms with Gasteiger partial charge in [0.2, 0.25) is 0 Å². The normalized spacial score (nSPS) is 11.7. The lowest BCUT2D eigenvalue weighted by atomic mass is 10.0. The van der Waals surface area contributed by atoms with Crippen LogP contribution < -0.4 is 0 Å². The second kappa shape index (κ2) is 4.36. The molecular formula is C10H8FNO. The Morgan fingerprint density at radius 1 is 1.62 bits per heavy atom. The van der Waals surface area contributed by atoms with Crippen molar-refractivity contribution in [1.29, 1.82) is 5.26 Å². The molecule has 0 spiro atoms. The first kappa shape index (κ1) is 9.40. The minimum Gasteiger partial charge on any atom is -0.302 e. The van der Waals surface area contributed by atoms with Crippen LogP contribution >= 0.6 is 0 Å². The molecule has 0 amide bonds. The lowest BCUT2D eigenvalue weighted by molar-refractivity contribution is -0.109. The molecule has 66 valence electrons. The Labute approximate surface area is 75.6 Å². The highest BCUT2D eigenvalue weighted by molar-refractivity contribution is 5.58. The summed E-state index contributed by atoms with van der Waals surface area (Å²) in [6.07, 6.45) is 0.850. The van der Waals surface area contributed by atoms with E-state index in [9.17, 15) is 9.18 Å². The van der Waals surface area contributed by atoms with Crippen LogP contribution in [0.3, 0.4) is 0 Å². The summed E-state index contributed by atoms with van der Waals surface area (Å²) in [4.78, 5) is 10.3. The van der Waals surface area contributed by atoms with Crippen LogP contribution in [0.2, 0.25) is 0 Å². The first-order valence-corrected chi connectivity index (χ1v) is 3.85. The molecule has 1 atom stereocenters. The molecule has 0 fully saturated rings. The number of hydrogen-bond donors (Lipinski definition) is 0. The monoisotopic (exact) mass is 177 g/mol. The smallest absolute Gasteiger partial charge is 0.137 e. The quantitative estimate of drug-likeness (QED) is 0.659. The summed E-state index contributed by atoms with van der Waals surface area (Å²) in [5.74, 6) is -1.03. The zero-order valence-electron chi connectivity index (χ0n) is 6.90. The summed E-state index contributed by atoms with van der Waals surface area (Å²) in [7, 11) is 0. The Bertz CT molecular complexity index is 343. The summed E-state index contributed by atoms with van der Waals surface area (Å²) in [5, 5.41) is 8.48. The van der Waals surface area contributed by atoms with Gasteiger partial charge in [-0.3, -0.25) is 0 Å². The molecule has 2 nitrogen and oxygen atoms in total. The van der Waals surface area contributed by atoms with Crippen LogP contribution in [0.1, 0.15) is 5.56 Å². The topological polar surface area (TPSA) is 40.9 Å². The van der Waals surface area contributed by atoms with E-state index in [1.807, 2.05) is 6.07 Å². The summed E-state index contributed by atoms with van der Waals surface area (Å²) < 4.78 is 12.7. The predicted octanol–water partition coefficient (Wildman–Crippen LogP) is 1.71. The fraction of sp³-hybridized carbons (Fsp3) is 0.200. The van der Waals surface area contributed by atoms with E-state index in [1.165, 1.54) is 12.1 Å². The molecule has 0 saturated carbocycles. The van der Waals surface area contributed by atoms with Gasteiger partial charge in [0.1, 0.15) is 18.0 Å². The van der Waals surface area contributed by atoms with Crippen molar-refractivity contribution in [2.45, 2.75) is 6.42 Å². The van der Waals surface area contributed by atoms with E-state index in [2.05, 4.69) is 0 Å². The summed E-state index contributed by atoms with van der Waals surface area (Å²) in [6.45, 7) is 0. The number of hydrogen-bond acceptors (Lipinski definition) is 2. The van der Waals surface area contributed by atoms with E-state index < -0.39 is 5.92 Å². The molecule has 13 heavy (non-hydrogen) atoms. The van der Waals surface area contributed by atoms with Crippen LogP contribution in [0.4, 0.5) is 4.39 Å². The van der Waals surface area contributed by atoms with Crippen LogP contribution in [0.15, 0.2) is 24.3 Å². The minimum atomic E-state index is -0.679. The summed E-state index contributed by atoms with van der Waals surface area (Å²) in [6, 6.07) is 7.73. The molecule has 1 unspecified atom stereocenters. The molecule has 0 aliphatic heterocycles. The van der Waals surface area contributed by atoms with Crippen molar-refractivity contribution in [3.8, 4) is 6.07 Å². The molecule has 0 radical (unpaired) electrons. The van der Waals surface area contributed by atoms with Crippen molar-refractivity contribution in [3.05, 3.63) is 35.6 Å². The maximum absolute atomic E-state index is 12.7. The average molecular weight is 177 g/mol. The van der Waals surface area contributed by atoms with Crippen molar-refractivity contribution in [1.82, 2.24) is 0 Å². The lowest BCUT2D eigenvalue weighted by Gasteiger charge is -2.00. The maximum Gasteiger partial charge on any atom is 0.137 e. The number of benzene rings is 1. The number of nitriles is 1. The van der Waals surface area contributed by atoms with Crippen molar-refractivity contribution in [3.63, 3.8) is 0 Å². The zero-order chi connectivity index (χ0) is 9.68. The Hall–Kier alpha value is -1.69. The number of carbonyl (C=O) groups is 1. The standard InChI is InChI=1S/C10H8FNO/c11-10-3-1-2-8(5-10)4-9(6-12)7-13/h1-3,5,7,9H,4H2. The summed E-state index contributed by atoms with van der Waals surface area (Å²) >= 11 is 0. The van der Waals surface area contributed by atoms with Crippen LogP contribution in [0.5, 0.6) is 0 Å². The van der Waals surface area contributed by atoms with Gasteiger partial charge in [0.15, 0.2) is 0 Å². The van der Waals surface area contributed by atoms with E-state index in [0.29, 0.717) is 11.8 Å². The number of rotatable bonds is 3. The minimum absolute atomic E-state index is 0.276. The Balaban J connectivity index is 2.74. The third kappa shape index (κ3) is 2.68. The van der Waals surface area contributed by atoms with Gasteiger partial charge in [0.25, 0.3) is 0 Å². The van der Waals surface area contributed by atoms with E-state index >= 15 is 0 Å². The van der Waals surface area contributed by atoms with E-state index in [1.54, 1.807) is 12.1 Å². The third-order valence-corrected chi connectivity index (χ3v) is 1.67. The Kier molecular flexibility index (Phi) is 3.15. The molecule has 1 rings (SSSR count). The van der Waals surface area contributed by atoms with Crippen LogP contribution in [-0.2, 0) is 11.2 Å². The van der Waals surface area contributed by atoms with Gasteiger partial charge >= 0.3 is 0 Å². The third-order valence-electron chi connectivity index (χ3n) is 1.67. The van der Waals surface area contributed by atoms with Crippen molar-refractivity contribution in [2.75, 3.05) is 0 Å². The Morgan fingerprint density at radius 2 is 2.38 bits per heavy atom. The average Bonchev–Trinajstić information content (AvgIpc) is 2.14. The van der Waals surface area contributed by atoms with Gasteiger partial charge < -0.3 is 4.79 Å². The molecule has 0 bridgehead atoms. The van der Waals surface area contributed by atoms with E-state index in [4.69, 9.17) is 5.26 Å². The largest absolute Gasteiger partial charge is 0.302 e. The second-order valence-electron chi connectivity index (χ2n) is 2.71. The van der Waals surface area contributed by atoms with Gasteiger partial charge in [-0.05, 0) is 24.1 Å². The first-order valence-electron chi connectivity index (χ1n) is 3.85. The van der Waals surface area contributed by atoms with Gasteiger partial charge in [-0.15, -0.1) is 0 Å².